The van der Waals surface area contributed by atoms with Gasteiger partial charge < -0.3 is 76.5 Å². The van der Waals surface area contributed by atoms with Crippen LogP contribution in [-0.2, 0) is 47.9 Å². The zero-order valence-electron chi connectivity index (χ0n) is 34.1. The van der Waals surface area contributed by atoms with Crippen molar-refractivity contribution in [2.24, 2.45) is 44.4 Å². The molecule has 0 radical (unpaired) electrons. The summed E-state index contributed by atoms with van der Waals surface area (Å²) >= 11 is 1.27. The highest BCUT2D eigenvalue weighted by Crippen LogP contribution is 2.09. The van der Waals surface area contributed by atoms with Crippen LogP contribution in [0.1, 0.15) is 77.6 Å². The minimum absolute atomic E-state index is 0.0222. The topological polar surface area (TPSA) is 464 Å². The highest BCUT2D eigenvalue weighted by atomic mass is 32.2. The molecule has 0 aliphatic heterocycles. The molecule has 8 amide bonds. The van der Waals surface area contributed by atoms with E-state index in [2.05, 4.69) is 41.9 Å². The zero-order valence-corrected chi connectivity index (χ0v) is 34.9. The smallest absolute Gasteiger partial charge is 0.303 e. The van der Waals surface area contributed by atoms with Crippen LogP contribution in [0.4, 0.5) is 0 Å². The summed E-state index contributed by atoms with van der Waals surface area (Å²) in [7, 11) is 0. The number of carbonyl (C=O) groups is 10. The van der Waals surface area contributed by atoms with Crippen LogP contribution < -0.4 is 66.3 Å². The van der Waals surface area contributed by atoms with Gasteiger partial charge in [0.1, 0.15) is 36.3 Å². The number of carboxylic acid groups (broad SMARTS) is 2. The first-order valence-electron chi connectivity index (χ1n) is 19.0. The van der Waals surface area contributed by atoms with Crippen LogP contribution in [-0.4, -0.2) is 143 Å². The van der Waals surface area contributed by atoms with Crippen LogP contribution in [0.2, 0.25) is 0 Å². The van der Waals surface area contributed by atoms with Crippen LogP contribution in [0.3, 0.4) is 0 Å². The Morgan fingerprint density at radius 3 is 1.15 bits per heavy atom. The average Bonchev–Trinajstić information content (AvgIpc) is 3.16. The van der Waals surface area contributed by atoms with Crippen molar-refractivity contribution >= 4 is 82.9 Å². The molecule has 27 heteroatoms. The number of nitrogens with one attached hydrogen (secondary N) is 6. The van der Waals surface area contributed by atoms with Gasteiger partial charge in [0, 0.05) is 39.3 Å². The van der Waals surface area contributed by atoms with E-state index in [4.69, 9.17) is 39.5 Å². The summed E-state index contributed by atoms with van der Waals surface area (Å²) in [4.78, 5) is 134. The standard InChI is InChI=1S/C34H60N14O12S/c1-17(49)43-20(8-11-25(51)52)29(57)47-22(9-12-26(53)54)31(59)48-23(13-16-61-2)32(60)46-21(7-10-24(35)50)30(58)45-19(6-4-15-42-34(39)40)28(56)44-18(27(36)55)5-3-14-41-33(37)38/h18-23H,3-16H2,1-2H3,(H2,35,50)(H2,36,55)(H,43,49)(H,44,56)(H,45,58)(H,46,60)(H,47,57)(H,48,59)(H,51,52)(H,53,54)(H4,37,38,41)(H4,39,40,42)/t18-,19+,20-,21+,22-,23-/m0/s1. The number of carbonyl (C=O) groups excluding carboxylic acids is 8. The van der Waals surface area contributed by atoms with Crippen molar-refractivity contribution in [3.05, 3.63) is 0 Å². The molecule has 0 bridgehead atoms. The van der Waals surface area contributed by atoms with Crippen molar-refractivity contribution < 1.29 is 58.2 Å². The summed E-state index contributed by atoms with van der Waals surface area (Å²) < 4.78 is 0. The van der Waals surface area contributed by atoms with Crippen molar-refractivity contribution in [1.82, 2.24) is 31.9 Å². The van der Waals surface area contributed by atoms with Crippen LogP contribution in [0, 0.1) is 0 Å². The van der Waals surface area contributed by atoms with E-state index in [0.29, 0.717) is 0 Å². The van der Waals surface area contributed by atoms with Gasteiger partial charge in [-0.15, -0.1) is 0 Å². The molecule has 0 aromatic carbocycles. The van der Waals surface area contributed by atoms with E-state index in [9.17, 15) is 53.1 Å². The maximum absolute atomic E-state index is 13.8. The molecule has 0 aliphatic carbocycles. The number of guanidine groups is 2. The number of primary amides is 2. The minimum atomic E-state index is -1.60. The van der Waals surface area contributed by atoms with Crippen molar-refractivity contribution in [2.45, 2.75) is 114 Å². The van der Waals surface area contributed by atoms with E-state index in [0.717, 1.165) is 6.92 Å². The molecule has 6 atom stereocenters. The average molecular weight is 889 g/mol. The lowest BCUT2D eigenvalue weighted by Crippen LogP contribution is -2.59. The predicted octanol–water partition coefficient (Wildman–Crippen LogP) is -5.74. The van der Waals surface area contributed by atoms with E-state index in [-0.39, 0.29) is 75.7 Å². The first kappa shape index (κ1) is 54.6. The number of thioether (sulfide) groups is 1. The first-order chi connectivity index (χ1) is 28.6. The molecule has 0 aromatic heterocycles. The summed E-state index contributed by atoms with van der Waals surface area (Å²) in [6.07, 6.45) is -0.914. The third kappa shape index (κ3) is 25.6. The lowest BCUT2D eigenvalue weighted by atomic mass is 10.0. The molecular formula is C34H60N14O12S. The summed E-state index contributed by atoms with van der Waals surface area (Å²) in [5.74, 6) is -10.1. The number of nitrogens with two attached hydrogens (primary N) is 6. The third-order valence-corrected chi connectivity index (χ3v) is 9.00. The normalized spacial score (nSPS) is 13.5. The van der Waals surface area contributed by atoms with E-state index >= 15 is 0 Å². The van der Waals surface area contributed by atoms with Gasteiger partial charge in [-0.1, -0.05) is 0 Å². The molecule has 0 fully saturated rings. The van der Waals surface area contributed by atoms with E-state index in [1.54, 1.807) is 6.26 Å². The molecule has 0 aliphatic rings. The Labute approximate surface area is 355 Å². The molecule has 0 rings (SSSR count). The summed E-state index contributed by atoms with van der Waals surface area (Å²) in [6.45, 7) is 1.22. The van der Waals surface area contributed by atoms with Crippen molar-refractivity contribution in [3.8, 4) is 0 Å². The van der Waals surface area contributed by atoms with Gasteiger partial charge in [-0.2, -0.15) is 11.8 Å². The van der Waals surface area contributed by atoms with Gasteiger partial charge in [0.2, 0.25) is 47.3 Å². The Morgan fingerprint density at radius 2 is 0.820 bits per heavy atom. The molecule has 344 valence electrons. The number of aliphatic imine (C=N–C) groups is 2. The van der Waals surface area contributed by atoms with Gasteiger partial charge >= 0.3 is 11.9 Å². The number of aliphatic carboxylic acids is 2. The summed E-state index contributed by atoms with van der Waals surface area (Å²) in [5.41, 5.74) is 32.3. The monoisotopic (exact) mass is 888 g/mol. The highest BCUT2D eigenvalue weighted by molar-refractivity contribution is 7.98. The van der Waals surface area contributed by atoms with Crippen molar-refractivity contribution in [1.29, 1.82) is 0 Å². The fourth-order valence-electron chi connectivity index (χ4n) is 5.30. The van der Waals surface area contributed by atoms with E-state index in [1.165, 1.54) is 11.8 Å². The lowest BCUT2D eigenvalue weighted by molar-refractivity contribution is -0.140. The van der Waals surface area contributed by atoms with Crippen molar-refractivity contribution in [2.75, 3.05) is 25.1 Å². The number of hydrogen-bond donors (Lipinski definition) is 14. The molecule has 26 nitrogen and oxygen atoms in total. The lowest BCUT2D eigenvalue weighted by Gasteiger charge is -2.27. The maximum Gasteiger partial charge on any atom is 0.303 e. The quantitative estimate of drug-likeness (QED) is 0.0170. The number of carboxylic acids is 2. The predicted molar refractivity (Wildman–Crippen MR) is 221 cm³/mol. The Balaban J connectivity index is 6.52. The molecule has 0 heterocycles. The largest absolute Gasteiger partial charge is 0.481 e. The van der Waals surface area contributed by atoms with Crippen LogP contribution in [0.25, 0.3) is 0 Å². The Morgan fingerprint density at radius 1 is 0.492 bits per heavy atom. The first-order valence-corrected chi connectivity index (χ1v) is 20.4. The van der Waals surface area contributed by atoms with Gasteiger partial charge in [-0.3, -0.25) is 57.9 Å². The molecule has 20 N–H and O–H groups in total. The zero-order chi connectivity index (χ0) is 46.7. The second-order valence-electron chi connectivity index (χ2n) is 13.5. The summed E-state index contributed by atoms with van der Waals surface area (Å²) in [6, 6.07) is -8.59. The number of amides is 8. The van der Waals surface area contributed by atoms with Gasteiger partial charge in [-0.05, 0) is 63.4 Å². The molecule has 0 spiro atoms. The van der Waals surface area contributed by atoms with Crippen LogP contribution >= 0.6 is 11.8 Å². The van der Waals surface area contributed by atoms with Crippen LogP contribution in [0.15, 0.2) is 9.98 Å². The molecule has 0 saturated carbocycles. The van der Waals surface area contributed by atoms with E-state index < -0.39 is 121 Å². The third-order valence-electron chi connectivity index (χ3n) is 8.36. The van der Waals surface area contributed by atoms with Crippen molar-refractivity contribution in [3.63, 3.8) is 0 Å². The Bertz CT molecular complexity index is 1610. The Kier molecular flexibility index (Phi) is 26.6. The molecule has 0 unspecified atom stereocenters. The summed E-state index contributed by atoms with van der Waals surface area (Å²) in [5, 5.41) is 32.8. The second-order valence-corrected chi connectivity index (χ2v) is 14.5. The van der Waals surface area contributed by atoms with Gasteiger partial charge in [0.25, 0.3) is 0 Å². The minimum Gasteiger partial charge on any atom is -0.481 e. The molecule has 61 heavy (non-hydrogen) atoms. The number of hydrogen-bond acceptors (Lipinski definition) is 13. The van der Waals surface area contributed by atoms with Gasteiger partial charge in [0.15, 0.2) is 11.9 Å². The molecule has 0 aromatic rings. The molecular weight excluding hydrogens is 829 g/mol. The fourth-order valence-corrected chi connectivity index (χ4v) is 5.77. The highest BCUT2D eigenvalue weighted by Gasteiger charge is 2.33. The maximum atomic E-state index is 13.8. The number of rotatable bonds is 32. The van der Waals surface area contributed by atoms with Crippen LogP contribution in [0.5, 0.6) is 0 Å². The van der Waals surface area contributed by atoms with Gasteiger partial charge in [-0.25, -0.2) is 0 Å². The molecule has 0 saturated heterocycles. The fraction of sp³-hybridized carbons (Fsp3) is 0.647. The Hall–Kier alpha value is -6.41. The SMILES string of the molecule is CSCC[C@H](NC(=O)[C@H](CCC(=O)O)NC(=O)[C@H](CCC(=O)O)NC(C)=O)C(=O)N[C@H](CCC(N)=O)C(=O)N[C@H](CCCN=C(N)N)C(=O)N[C@@H](CCCN=C(N)N)C(N)=O. The van der Waals surface area contributed by atoms with Gasteiger partial charge in [0.05, 0.1) is 0 Å². The second kappa shape index (κ2) is 29.7. The number of nitrogens with zero attached hydrogens (tertiary/aromatic N) is 2. The van der Waals surface area contributed by atoms with E-state index in [1.807, 2.05) is 0 Å².